The van der Waals surface area contributed by atoms with Crippen LogP contribution in [0.3, 0.4) is 0 Å². The number of anilines is 1. The van der Waals surface area contributed by atoms with Crippen molar-refractivity contribution in [2.75, 3.05) is 5.32 Å². The van der Waals surface area contributed by atoms with Crippen molar-refractivity contribution in [3.05, 3.63) is 83.6 Å². The Labute approximate surface area is 186 Å². The fourth-order valence-corrected chi connectivity index (χ4v) is 4.12. The second kappa shape index (κ2) is 7.96. The smallest absolute Gasteiger partial charge is 0.320 e. The number of phenolic OH excluding ortho intramolecular Hbond substituents is 1. The number of carbonyl (C=O) groups is 1. The summed E-state index contributed by atoms with van der Waals surface area (Å²) >= 11 is 0. The molecule has 0 spiro atoms. The molecule has 0 aliphatic heterocycles. The van der Waals surface area contributed by atoms with Crippen LogP contribution >= 0.6 is 0 Å². The first-order valence-electron chi connectivity index (χ1n) is 10.7. The minimum atomic E-state index is -0.275. The van der Waals surface area contributed by atoms with E-state index in [9.17, 15) is 9.90 Å². The lowest BCUT2D eigenvalue weighted by atomic mass is 9.99. The van der Waals surface area contributed by atoms with E-state index in [4.69, 9.17) is 0 Å². The Kier molecular flexibility index (Phi) is 4.98. The monoisotopic (exact) mass is 424 g/mol. The molecule has 1 aromatic heterocycles. The standard InChI is InChI=1S/C26H24N4O2/c1-15-10-19(11-16(2)25(15)31)18-8-9-21-23(12-18)28-24(14-27-21)30-26(32)29-22-13-20(22)17-6-4-3-5-7-17/h3-12,14,20,22,31H,13H2,1-2H3,(H2,28,29,30,32). The SMILES string of the molecule is Cc1cc(-c2ccc3ncc(NC(=O)NC4CC4c4ccccc4)nc3c2)cc(C)c1O. The van der Waals surface area contributed by atoms with Gasteiger partial charge in [-0.2, -0.15) is 0 Å². The summed E-state index contributed by atoms with van der Waals surface area (Å²) in [6.45, 7) is 3.77. The van der Waals surface area contributed by atoms with E-state index in [1.54, 1.807) is 6.20 Å². The molecule has 2 amide bonds. The van der Waals surface area contributed by atoms with Gasteiger partial charge in [0.25, 0.3) is 0 Å². The van der Waals surface area contributed by atoms with E-state index in [1.165, 1.54) is 5.56 Å². The van der Waals surface area contributed by atoms with E-state index in [-0.39, 0.29) is 12.1 Å². The molecule has 1 aliphatic rings. The molecule has 2 unspecified atom stereocenters. The molecule has 1 saturated carbocycles. The van der Waals surface area contributed by atoms with Gasteiger partial charge in [-0.1, -0.05) is 36.4 Å². The molecule has 3 N–H and O–H groups in total. The molecule has 3 aromatic carbocycles. The molecule has 0 radical (unpaired) electrons. The summed E-state index contributed by atoms with van der Waals surface area (Å²) in [4.78, 5) is 21.5. The molecule has 1 aliphatic carbocycles. The molecule has 6 heteroatoms. The second-order valence-electron chi connectivity index (χ2n) is 8.38. The first kappa shape index (κ1) is 20.0. The van der Waals surface area contributed by atoms with Gasteiger partial charge in [-0.25, -0.2) is 9.78 Å². The first-order chi connectivity index (χ1) is 15.5. The maximum Gasteiger partial charge on any atom is 0.320 e. The average Bonchev–Trinajstić information content (AvgIpc) is 3.56. The minimum Gasteiger partial charge on any atom is -0.507 e. The molecule has 4 aromatic rings. The molecule has 5 rings (SSSR count). The Morgan fingerprint density at radius 1 is 0.969 bits per heavy atom. The topological polar surface area (TPSA) is 87.1 Å². The fourth-order valence-electron chi connectivity index (χ4n) is 4.12. The average molecular weight is 425 g/mol. The van der Waals surface area contributed by atoms with Crippen LogP contribution in [-0.2, 0) is 0 Å². The number of hydrogen-bond donors (Lipinski definition) is 3. The molecular formula is C26H24N4O2. The second-order valence-corrected chi connectivity index (χ2v) is 8.38. The third-order valence-electron chi connectivity index (χ3n) is 5.94. The molecule has 2 atom stereocenters. The predicted octanol–water partition coefficient (Wildman–Crippen LogP) is 5.30. The maximum absolute atomic E-state index is 12.5. The fraction of sp³-hybridized carbons (Fsp3) is 0.192. The van der Waals surface area contributed by atoms with Crippen LogP contribution in [-0.4, -0.2) is 27.1 Å². The molecule has 0 bridgehead atoms. The Bertz CT molecular complexity index is 1300. The van der Waals surface area contributed by atoms with Crippen LogP contribution in [0.2, 0.25) is 0 Å². The van der Waals surface area contributed by atoms with Gasteiger partial charge in [0.1, 0.15) is 5.75 Å². The van der Waals surface area contributed by atoms with Crippen molar-refractivity contribution in [1.82, 2.24) is 15.3 Å². The number of urea groups is 1. The van der Waals surface area contributed by atoms with Crippen LogP contribution in [0.15, 0.2) is 66.9 Å². The number of fused-ring (bicyclic) bond motifs is 1. The molecular weight excluding hydrogens is 400 g/mol. The van der Waals surface area contributed by atoms with Gasteiger partial charge in [-0.3, -0.25) is 10.3 Å². The van der Waals surface area contributed by atoms with Gasteiger partial charge in [0.05, 0.1) is 17.2 Å². The van der Waals surface area contributed by atoms with E-state index in [1.807, 2.05) is 62.4 Å². The highest BCUT2D eigenvalue weighted by atomic mass is 16.3. The third-order valence-corrected chi connectivity index (χ3v) is 5.94. The molecule has 1 fully saturated rings. The zero-order valence-corrected chi connectivity index (χ0v) is 18.0. The quantitative estimate of drug-likeness (QED) is 0.415. The van der Waals surface area contributed by atoms with E-state index in [0.29, 0.717) is 23.0 Å². The number of rotatable bonds is 4. The summed E-state index contributed by atoms with van der Waals surface area (Å²) in [7, 11) is 0. The highest BCUT2D eigenvalue weighted by Crippen LogP contribution is 2.40. The molecule has 32 heavy (non-hydrogen) atoms. The van der Waals surface area contributed by atoms with Crippen LogP contribution in [0.1, 0.15) is 29.0 Å². The highest BCUT2D eigenvalue weighted by molar-refractivity contribution is 5.90. The number of aromatic hydroxyl groups is 1. The van der Waals surface area contributed by atoms with Crippen molar-refractivity contribution < 1.29 is 9.90 Å². The lowest BCUT2D eigenvalue weighted by Gasteiger charge is -2.10. The van der Waals surface area contributed by atoms with Gasteiger partial charge >= 0.3 is 6.03 Å². The summed E-state index contributed by atoms with van der Waals surface area (Å²) in [5.41, 5.74) is 6.31. The largest absolute Gasteiger partial charge is 0.507 e. The summed E-state index contributed by atoms with van der Waals surface area (Å²) in [6, 6.07) is 19.8. The van der Waals surface area contributed by atoms with E-state index >= 15 is 0 Å². The van der Waals surface area contributed by atoms with Crippen molar-refractivity contribution in [2.45, 2.75) is 32.2 Å². The van der Waals surface area contributed by atoms with Gasteiger partial charge in [-0.15, -0.1) is 0 Å². The zero-order valence-electron chi connectivity index (χ0n) is 18.0. The Hall–Kier alpha value is -3.93. The predicted molar refractivity (Wildman–Crippen MR) is 126 cm³/mol. The van der Waals surface area contributed by atoms with Crippen molar-refractivity contribution in [2.24, 2.45) is 0 Å². The van der Waals surface area contributed by atoms with Gasteiger partial charge in [0.2, 0.25) is 0 Å². The molecule has 0 saturated heterocycles. The van der Waals surface area contributed by atoms with Crippen molar-refractivity contribution in [3.63, 3.8) is 0 Å². The van der Waals surface area contributed by atoms with Crippen LogP contribution < -0.4 is 10.6 Å². The molecule has 1 heterocycles. The van der Waals surface area contributed by atoms with Gasteiger partial charge in [0, 0.05) is 12.0 Å². The van der Waals surface area contributed by atoms with E-state index in [0.717, 1.165) is 34.2 Å². The number of hydrogen-bond acceptors (Lipinski definition) is 4. The Balaban J connectivity index is 1.31. The minimum absolute atomic E-state index is 0.137. The summed E-state index contributed by atoms with van der Waals surface area (Å²) < 4.78 is 0. The summed E-state index contributed by atoms with van der Waals surface area (Å²) in [5.74, 6) is 1.09. The zero-order chi connectivity index (χ0) is 22.2. The lowest BCUT2D eigenvalue weighted by Crippen LogP contribution is -2.31. The number of nitrogens with one attached hydrogen (secondary N) is 2. The number of aromatic nitrogens is 2. The van der Waals surface area contributed by atoms with Gasteiger partial charge in [-0.05, 0) is 72.4 Å². The van der Waals surface area contributed by atoms with Crippen LogP contribution in [0.25, 0.3) is 22.2 Å². The number of amides is 2. The first-order valence-corrected chi connectivity index (χ1v) is 10.7. The van der Waals surface area contributed by atoms with Crippen LogP contribution in [0.5, 0.6) is 5.75 Å². The van der Waals surface area contributed by atoms with Crippen molar-refractivity contribution >= 4 is 22.9 Å². The number of carbonyl (C=O) groups excluding carboxylic acids is 1. The van der Waals surface area contributed by atoms with Crippen LogP contribution in [0.4, 0.5) is 10.6 Å². The number of nitrogens with zero attached hydrogens (tertiary/aromatic N) is 2. The normalized spacial score (nSPS) is 17.2. The number of phenols is 1. The Morgan fingerprint density at radius 3 is 2.47 bits per heavy atom. The molecule has 6 nitrogen and oxygen atoms in total. The summed E-state index contributed by atoms with van der Waals surface area (Å²) in [5, 5.41) is 15.9. The number of aryl methyl sites for hydroxylation is 2. The lowest BCUT2D eigenvalue weighted by molar-refractivity contribution is 0.251. The summed E-state index contributed by atoms with van der Waals surface area (Å²) in [6.07, 6.45) is 2.51. The van der Waals surface area contributed by atoms with Crippen molar-refractivity contribution in [1.29, 1.82) is 0 Å². The maximum atomic E-state index is 12.5. The van der Waals surface area contributed by atoms with E-state index in [2.05, 4.69) is 32.7 Å². The molecule has 160 valence electrons. The van der Waals surface area contributed by atoms with E-state index < -0.39 is 0 Å². The van der Waals surface area contributed by atoms with Crippen LogP contribution in [0, 0.1) is 13.8 Å². The number of benzene rings is 3. The van der Waals surface area contributed by atoms with Gasteiger partial charge in [0.15, 0.2) is 5.82 Å². The third kappa shape index (κ3) is 3.99. The highest BCUT2D eigenvalue weighted by Gasteiger charge is 2.39. The van der Waals surface area contributed by atoms with Crippen molar-refractivity contribution in [3.8, 4) is 16.9 Å². The van der Waals surface area contributed by atoms with Gasteiger partial charge < -0.3 is 10.4 Å². The Morgan fingerprint density at radius 2 is 1.72 bits per heavy atom.